The van der Waals surface area contributed by atoms with Gasteiger partial charge in [0.1, 0.15) is 10.5 Å². The molecule has 1 aliphatic heterocycles. The summed E-state index contributed by atoms with van der Waals surface area (Å²) in [5, 5.41) is 7.19. The molecular formula is C31H33F3N6O5S. The van der Waals surface area contributed by atoms with E-state index in [0.717, 1.165) is 4.40 Å². The molecule has 1 unspecified atom stereocenters. The number of hydrogen-bond donors (Lipinski definition) is 0. The third-order valence-corrected chi connectivity index (χ3v) is 10.7. The highest BCUT2D eigenvalue weighted by Crippen LogP contribution is 2.47. The fourth-order valence-corrected chi connectivity index (χ4v) is 7.83. The largest absolute Gasteiger partial charge is 0.469 e. The van der Waals surface area contributed by atoms with Crippen LogP contribution in [0.5, 0.6) is 5.88 Å². The number of alkyl halides is 3. The van der Waals surface area contributed by atoms with Crippen molar-refractivity contribution in [2.75, 3.05) is 13.7 Å². The van der Waals surface area contributed by atoms with Crippen molar-refractivity contribution in [3.63, 3.8) is 0 Å². The molecule has 1 atom stereocenters. The zero-order chi connectivity index (χ0) is 33.4. The second-order valence-corrected chi connectivity index (χ2v) is 14.6. The number of fused-ring (bicyclic) bond motifs is 2. The summed E-state index contributed by atoms with van der Waals surface area (Å²) in [6, 6.07) is 4.86. The molecule has 5 heterocycles. The summed E-state index contributed by atoms with van der Waals surface area (Å²) in [4.78, 5) is 22.1. The molecule has 6 rings (SSSR count). The number of nitrogens with zero attached hydrogens (tertiary/aromatic N) is 6. The topological polar surface area (TPSA) is 129 Å². The van der Waals surface area contributed by atoms with Crippen molar-refractivity contribution in [2.24, 2.45) is 5.41 Å². The first-order chi connectivity index (χ1) is 21.5. The Bertz CT molecular complexity index is 1990. The number of carbonyl (C=O) groups excluding carboxylic acids is 1. The Hall–Kier alpha value is -4.11. The summed E-state index contributed by atoms with van der Waals surface area (Å²) in [5.41, 5.74) is 1.37. The molecular weight excluding hydrogens is 625 g/mol. The third kappa shape index (κ3) is 5.28. The second-order valence-electron chi connectivity index (χ2n) is 12.6. The summed E-state index contributed by atoms with van der Waals surface area (Å²) in [6.45, 7) is 8.59. The average molecular weight is 659 g/mol. The highest BCUT2D eigenvalue weighted by Gasteiger charge is 2.52. The molecule has 4 aromatic rings. The van der Waals surface area contributed by atoms with E-state index in [1.165, 1.54) is 23.7 Å². The number of esters is 1. The lowest BCUT2D eigenvalue weighted by Gasteiger charge is -2.34. The van der Waals surface area contributed by atoms with Crippen LogP contribution in [0.2, 0.25) is 0 Å². The van der Waals surface area contributed by atoms with E-state index in [0.29, 0.717) is 46.4 Å². The number of rotatable bonds is 6. The van der Waals surface area contributed by atoms with Gasteiger partial charge in [-0.3, -0.25) is 14.2 Å². The highest BCUT2D eigenvalue weighted by molar-refractivity contribution is 7.89. The maximum atomic E-state index is 14.0. The molecule has 0 aromatic carbocycles. The van der Waals surface area contributed by atoms with Gasteiger partial charge in [0, 0.05) is 36.7 Å². The fourth-order valence-electron chi connectivity index (χ4n) is 6.19. The number of aromatic nitrogens is 5. The molecule has 1 saturated carbocycles. The van der Waals surface area contributed by atoms with Gasteiger partial charge in [-0.1, -0.05) is 6.07 Å². The van der Waals surface area contributed by atoms with Crippen LogP contribution in [0, 0.1) is 26.2 Å². The summed E-state index contributed by atoms with van der Waals surface area (Å²) in [5.74, 6) is -2.40. The summed E-state index contributed by atoms with van der Waals surface area (Å²) >= 11 is 0. The summed E-state index contributed by atoms with van der Waals surface area (Å²) < 4.78 is 82.4. The average Bonchev–Trinajstić information content (AvgIpc) is 3.60. The molecule has 0 amide bonds. The lowest BCUT2D eigenvalue weighted by Crippen LogP contribution is -2.38. The Morgan fingerprint density at radius 2 is 1.83 bits per heavy atom. The van der Waals surface area contributed by atoms with Crippen molar-refractivity contribution in [1.82, 2.24) is 28.9 Å². The molecule has 11 nitrogen and oxygen atoms in total. The number of sulfonamides is 1. The van der Waals surface area contributed by atoms with Crippen LogP contribution in [0.25, 0.3) is 5.65 Å². The van der Waals surface area contributed by atoms with Crippen LogP contribution in [-0.4, -0.2) is 62.5 Å². The Kier molecular flexibility index (Phi) is 7.43. The maximum absolute atomic E-state index is 14.0. The summed E-state index contributed by atoms with van der Waals surface area (Å²) in [7, 11) is -2.76. The lowest BCUT2D eigenvalue weighted by atomic mass is 9.70. The fraction of sp³-hybridized carbons (Fsp3) is 0.452. The predicted molar refractivity (Wildman–Crippen MR) is 159 cm³/mol. The van der Waals surface area contributed by atoms with Gasteiger partial charge in [0.2, 0.25) is 21.7 Å². The number of pyridine rings is 3. The van der Waals surface area contributed by atoms with Crippen LogP contribution in [-0.2, 0) is 32.3 Å². The minimum atomic E-state index is -4.72. The molecule has 0 radical (unpaired) electrons. The molecule has 1 fully saturated rings. The predicted octanol–water partition coefficient (Wildman–Crippen LogP) is 4.91. The minimum Gasteiger partial charge on any atom is -0.469 e. The van der Waals surface area contributed by atoms with Crippen molar-refractivity contribution in [2.45, 2.75) is 76.6 Å². The molecule has 2 aliphatic rings. The summed E-state index contributed by atoms with van der Waals surface area (Å²) in [6.07, 6.45) is 1.04. The van der Waals surface area contributed by atoms with Gasteiger partial charge in [0.25, 0.3) is 0 Å². The van der Waals surface area contributed by atoms with Gasteiger partial charge in [0.15, 0.2) is 5.65 Å². The third-order valence-electron chi connectivity index (χ3n) is 8.92. The first-order valence-electron chi connectivity index (χ1n) is 14.6. The van der Waals surface area contributed by atoms with Crippen molar-refractivity contribution >= 4 is 21.6 Å². The monoisotopic (exact) mass is 658 g/mol. The quantitative estimate of drug-likeness (QED) is 0.266. The Labute approximate surface area is 263 Å². The van der Waals surface area contributed by atoms with Crippen LogP contribution >= 0.6 is 0 Å². The highest BCUT2D eigenvalue weighted by atomic mass is 32.2. The molecule has 0 bridgehead atoms. The number of ether oxygens (including phenoxy) is 2. The molecule has 46 heavy (non-hydrogen) atoms. The number of carbonyl (C=O) groups is 1. The van der Waals surface area contributed by atoms with E-state index in [4.69, 9.17) is 9.47 Å². The van der Waals surface area contributed by atoms with E-state index in [-0.39, 0.29) is 29.5 Å². The van der Waals surface area contributed by atoms with Gasteiger partial charge >= 0.3 is 12.1 Å². The Morgan fingerprint density at radius 1 is 1.11 bits per heavy atom. The van der Waals surface area contributed by atoms with Crippen molar-refractivity contribution in [1.29, 1.82) is 0 Å². The van der Waals surface area contributed by atoms with Crippen molar-refractivity contribution in [3.8, 4) is 5.88 Å². The maximum Gasteiger partial charge on any atom is 0.452 e. The zero-order valence-corrected chi connectivity index (χ0v) is 27.0. The minimum absolute atomic E-state index is 0.00166. The molecule has 244 valence electrons. The zero-order valence-electron chi connectivity index (χ0n) is 26.1. The first kappa shape index (κ1) is 31.9. The molecule has 0 saturated heterocycles. The smallest absolute Gasteiger partial charge is 0.452 e. The number of hydrogen-bond acceptors (Lipinski definition) is 9. The Balaban J connectivity index is 1.47. The molecule has 4 aromatic heterocycles. The lowest BCUT2D eigenvalue weighted by molar-refractivity contribution is -0.151. The SMILES string of the molecule is COC(=O)C(C)(C)C(c1cnc(C)c(CN2CC3(CC3)Oc3ncc(C)cc3S2(=O)=O)c1)c1ccn2c(C(F)(F)F)nnc2c1C. The first-order valence-corrected chi connectivity index (χ1v) is 16.0. The van der Waals surface area contributed by atoms with E-state index in [1.54, 1.807) is 59.1 Å². The number of halogens is 3. The van der Waals surface area contributed by atoms with Crippen LogP contribution in [0.4, 0.5) is 13.2 Å². The van der Waals surface area contributed by atoms with E-state index in [9.17, 15) is 26.4 Å². The van der Waals surface area contributed by atoms with E-state index < -0.39 is 44.9 Å². The van der Waals surface area contributed by atoms with Crippen LogP contribution in [0.1, 0.15) is 71.9 Å². The Morgan fingerprint density at radius 3 is 2.48 bits per heavy atom. The molecule has 1 aliphatic carbocycles. The second kappa shape index (κ2) is 10.7. The normalized spacial score (nSPS) is 18.1. The van der Waals surface area contributed by atoms with Crippen LogP contribution in [0.3, 0.4) is 0 Å². The van der Waals surface area contributed by atoms with Gasteiger partial charge in [-0.05, 0) is 87.4 Å². The van der Waals surface area contributed by atoms with E-state index in [2.05, 4.69) is 20.2 Å². The standard InChI is InChI=1S/C31H33F3N6O5S/c1-17-11-23-26(36-13-17)45-30(8-9-30)16-39(46(23,42)43)15-21-12-20(14-35-19(21)3)24(29(4,5)28(41)44-6)22-7-10-40-25(18(22)2)37-38-27(40)31(32,33)34/h7,10-14,24H,8-9,15-16H2,1-6H3. The molecule has 1 spiro atoms. The van der Waals surface area contributed by atoms with Gasteiger partial charge in [0.05, 0.1) is 19.1 Å². The van der Waals surface area contributed by atoms with Crippen molar-refractivity contribution in [3.05, 3.63) is 76.1 Å². The van der Waals surface area contributed by atoms with Gasteiger partial charge in [-0.25, -0.2) is 13.4 Å². The number of methoxy groups -OCH3 is 1. The van der Waals surface area contributed by atoms with Gasteiger partial charge in [-0.15, -0.1) is 10.2 Å². The van der Waals surface area contributed by atoms with E-state index >= 15 is 0 Å². The van der Waals surface area contributed by atoms with Crippen molar-refractivity contribution < 1.29 is 35.9 Å². The van der Waals surface area contributed by atoms with Gasteiger partial charge in [-0.2, -0.15) is 17.5 Å². The van der Waals surface area contributed by atoms with Crippen LogP contribution in [0.15, 0.2) is 41.7 Å². The van der Waals surface area contributed by atoms with Gasteiger partial charge < -0.3 is 9.47 Å². The molecule has 0 N–H and O–H groups in total. The van der Waals surface area contributed by atoms with E-state index in [1.807, 2.05) is 0 Å². The van der Waals surface area contributed by atoms with Crippen LogP contribution < -0.4 is 4.74 Å². The number of aryl methyl sites for hydroxylation is 3. The molecule has 15 heteroatoms.